The van der Waals surface area contributed by atoms with Crippen LogP contribution in [-0.4, -0.2) is 14.7 Å². The molecular weight excluding hydrogens is 382 g/mol. The first-order valence-corrected chi connectivity index (χ1v) is 7.88. The number of imidazole rings is 1. The predicted octanol–water partition coefficient (Wildman–Crippen LogP) is 4.49. The minimum Gasteiger partial charge on any atom is -0.507 e. The molecule has 5 heteroatoms. The van der Waals surface area contributed by atoms with Gasteiger partial charge in [-0.3, -0.25) is 0 Å². The van der Waals surface area contributed by atoms with Crippen molar-refractivity contribution in [1.29, 1.82) is 0 Å². The van der Waals surface area contributed by atoms with Gasteiger partial charge < -0.3 is 9.67 Å². The Hall–Kier alpha value is -1.63. The monoisotopic (exact) mass is 394 g/mol. The number of aromatic nitrogens is 2. The third-order valence-corrected chi connectivity index (χ3v) is 4.43. The van der Waals surface area contributed by atoms with Crippen molar-refractivity contribution in [2.75, 3.05) is 0 Å². The van der Waals surface area contributed by atoms with Gasteiger partial charge in [0.15, 0.2) is 0 Å². The molecule has 0 aliphatic heterocycles. The molecule has 3 nitrogen and oxygen atoms in total. The highest BCUT2D eigenvalue weighted by Crippen LogP contribution is 2.43. The van der Waals surface area contributed by atoms with Crippen molar-refractivity contribution in [3.8, 4) is 17.1 Å². The van der Waals surface area contributed by atoms with Crippen LogP contribution in [0.15, 0.2) is 36.4 Å². The van der Waals surface area contributed by atoms with Crippen LogP contribution >= 0.6 is 22.6 Å². The van der Waals surface area contributed by atoms with E-state index in [1.54, 1.807) is 12.1 Å². The van der Waals surface area contributed by atoms with Crippen molar-refractivity contribution in [2.45, 2.75) is 18.9 Å². The van der Waals surface area contributed by atoms with Gasteiger partial charge in [0.2, 0.25) is 0 Å². The molecule has 0 atom stereocenters. The molecule has 1 aliphatic rings. The van der Waals surface area contributed by atoms with Crippen molar-refractivity contribution in [2.24, 2.45) is 0 Å². The van der Waals surface area contributed by atoms with E-state index in [1.807, 2.05) is 12.1 Å². The molecular formula is C16H12FIN2O. The molecule has 1 aliphatic carbocycles. The number of hydrogen-bond acceptors (Lipinski definition) is 2. The van der Waals surface area contributed by atoms with Crippen molar-refractivity contribution in [3.05, 3.63) is 45.8 Å². The Balaban J connectivity index is 2.03. The van der Waals surface area contributed by atoms with Crippen LogP contribution in [0.1, 0.15) is 18.9 Å². The maximum Gasteiger partial charge on any atom is 0.145 e. The Labute approximate surface area is 134 Å². The van der Waals surface area contributed by atoms with E-state index >= 15 is 0 Å². The first kappa shape index (κ1) is 13.1. The fourth-order valence-corrected chi connectivity index (χ4v) is 3.14. The van der Waals surface area contributed by atoms with E-state index < -0.39 is 0 Å². The molecule has 21 heavy (non-hydrogen) atoms. The van der Waals surface area contributed by atoms with Gasteiger partial charge in [-0.1, -0.05) is 0 Å². The van der Waals surface area contributed by atoms with Crippen LogP contribution in [0.25, 0.3) is 22.4 Å². The fourth-order valence-electron chi connectivity index (χ4n) is 2.65. The van der Waals surface area contributed by atoms with Crippen LogP contribution in [0.5, 0.6) is 5.75 Å². The van der Waals surface area contributed by atoms with Crippen LogP contribution in [-0.2, 0) is 0 Å². The number of nitrogens with zero attached hydrogens (tertiary/aromatic N) is 2. The van der Waals surface area contributed by atoms with Gasteiger partial charge in [0.05, 0.1) is 16.6 Å². The molecule has 1 aromatic heterocycles. The standard InChI is InChI=1S/C16H12FIN2O/c17-9-1-5-14-13(7-9)19-16(20(14)11-3-4-11)12-8-10(18)2-6-15(12)21/h1-2,5-8,11,21H,3-4H2. The van der Waals surface area contributed by atoms with E-state index in [9.17, 15) is 9.50 Å². The molecule has 0 saturated heterocycles. The smallest absolute Gasteiger partial charge is 0.145 e. The highest BCUT2D eigenvalue weighted by Gasteiger charge is 2.29. The largest absolute Gasteiger partial charge is 0.507 e. The Morgan fingerprint density at radius 3 is 2.76 bits per heavy atom. The van der Waals surface area contributed by atoms with E-state index in [0.717, 1.165) is 21.9 Å². The van der Waals surface area contributed by atoms with E-state index in [1.165, 1.54) is 12.1 Å². The Bertz CT molecular complexity index is 855. The summed E-state index contributed by atoms with van der Waals surface area (Å²) in [7, 11) is 0. The number of rotatable bonds is 2. The maximum absolute atomic E-state index is 13.4. The lowest BCUT2D eigenvalue weighted by Gasteiger charge is -2.09. The summed E-state index contributed by atoms with van der Waals surface area (Å²) in [5.41, 5.74) is 2.26. The second-order valence-corrected chi connectivity index (χ2v) is 6.58. The highest BCUT2D eigenvalue weighted by molar-refractivity contribution is 14.1. The Morgan fingerprint density at radius 1 is 1.19 bits per heavy atom. The molecule has 0 amide bonds. The molecule has 4 rings (SSSR count). The molecule has 0 spiro atoms. The predicted molar refractivity (Wildman–Crippen MR) is 87.8 cm³/mol. The molecule has 106 valence electrons. The molecule has 0 bridgehead atoms. The third kappa shape index (κ3) is 2.19. The zero-order valence-electron chi connectivity index (χ0n) is 11.1. The SMILES string of the molecule is Oc1ccc(I)cc1-c1nc2cc(F)ccc2n1C1CC1. The van der Waals surface area contributed by atoms with E-state index in [0.29, 0.717) is 22.9 Å². The van der Waals surface area contributed by atoms with Crippen LogP contribution in [0, 0.1) is 9.39 Å². The minimum absolute atomic E-state index is 0.202. The summed E-state index contributed by atoms with van der Waals surface area (Å²) in [6.45, 7) is 0. The molecule has 1 N–H and O–H groups in total. The van der Waals surface area contributed by atoms with Crippen molar-refractivity contribution in [3.63, 3.8) is 0 Å². The average molecular weight is 394 g/mol. The van der Waals surface area contributed by atoms with Crippen molar-refractivity contribution < 1.29 is 9.50 Å². The number of phenolic OH excluding ortho intramolecular Hbond substituents is 1. The van der Waals surface area contributed by atoms with Gasteiger partial charge in [0.25, 0.3) is 0 Å². The first-order valence-electron chi connectivity index (χ1n) is 6.80. The van der Waals surface area contributed by atoms with Gasteiger partial charge in [-0.25, -0.2) is 9.37 Å². The van der Waals surface area contributed by atoms with Gasteiger partial charge in [0.1, 0.15) is 17.4 Å². The topological polar surface area (TPSA) is 38.1 Å². The molecule has 0 unspecified atom stereocenters. The first-order chi connectivity index (χ1) is 10.1. The van der Waals surface area contributed by atoms with E-state index in [4.69, 9.17) is 0 Å². The highest BCUT2D eigenvalue weighted by atomic mass is 127. The second-order valence-electron chi connectivity index (χ2n) is 5.33. The normalized spacial score (nSPS) is 14.8. The summed E-state index contributed by atoms with van der Waals surface area (Å²) in [5, 5.41) is 10.2. The van der Waals surface area contributed by atoms with Gasteiger partial charge in [-0.15, -0.1) is 0 Å². The number of aromatic hydroxyl groups is 1. The van der Waals surface area contributed by atoms with E-state index in [-0.39, 0.29) is 11.6 Å². The Morgan fingerprint density at radius 2 is 2.00 bits per heavy atom. The number of halogens is 2. The van der Waals surface area contributed by atoms with Crippen LogP contribution in [0.4, 0.5) is 4.39 Å². The average Bonchev–Trinajstić information content (AvgIpc) is 3.22. The molecule has 1 heterocycles. The Kier molecular flexibility index (Phi) is 2.92. The summed E-state index contributed by atoms with van der Waals surface area (Å²) in [5.74, 6) is 0.628. The molecule has 1 saturated carbocycles. The van der Waals surface area contributed by atoms with Crippen molar-refractivity contribution in [1.82, 2.24) is 9.55 Å². The van der Waals surface area contributed by atoms with Crippen molar-refractivity contribution >= 4 is 33.6 Å². The van der Waals surface area contributed by atoms with Crippen LogP contribution in [0.2, 0.25) is 0 Å². The lowest BCUT2D eigenvalue weighted by Crippen LogP contribution is -1.97. The lowest BCUT2D eigenvalue weighted by atomic mass is 10.2. The maximum atomic E-state index is 13.4. The number of fused-ring (bicyclic) bond motifs is 1. The summed E-state index contributed by atoms with van der Waals surface area (Å²) >= 11 is 2.21. The third-order valence-electron chi connectivity index (χ3n) is 3.76. The summed E-state index contributed by atoms with van der Waals surface area (Å²) < 4.78 is 16.6. The summed E-state index contributed by atoms with van der Waals surface area (Å²) in [6.07, 6.45) is 2.20. The van der Waals surface area contributed by atoms with Crippen LogP contribution in [0.3, 0.4) is 0 Å². The quantitative estimate of drug-likeness (QED) is 0.651. The fraction of sp³-hybridized carbons (Fsp3) is 0.188. The zero-order chi connectivity index (χ0) is 14.6. The summed E-state index contributed by atoms with van der Waals surface area (Å²) in [4.78, 5) is 4.57. The lowest BCUT2D eigenvalue weighted by molar-refractivity contribution is 0.476. The number of benzene rings is 2. The van der Waals surface area contributed by atoms with E-state index in [2.05, 4.69) is 32.1 Å². The van der Waals surface area contributed by atoms with Gasteiger partial charge in [-0.2, -0.15) is 0 Å². The molecule has 0 radical (unpaired) electrons. The minimum atomic E-state index is -0.290. The van der Waals surface area contributed by atoms with Gasteiger partial charge >= 0.3 is 0 Å². The zero-order valence-corrected chi connectivity index (χ0v) is 13.2. The van der Waals surface area contributed by atoms with Crippen LogP contribution < -0.4 is 0 Å². The summed E-state index contributed by atoms with van der Waals surface area (Å²) in [6, 6.07) is 10.5. The number of hydrogen-bond donors (Lipinski definition) is 1. The molecule has 1 fully saturated rings. The molecule has 2 aromatic carbocycles. The second kappa shape index (κ2) is 4.69. The van der Waals surface area contributed by atoms with Gasteiger partial charge in [-0.05, 0) is 65.8 Å². The number of phenols is 1. The van der Waals surface area contributed by atoms with Gasteiger partial charge in [0, 0.05) is 15.7 Å². The molecule has 3 aromatic rings.